The molecule has 0 spiro atoms. The molecule has 206 valence electrons. The van der Waals surface area contributed by atoms with Crippen molar-refractivity contribution in [2.24, 2.45) is 23.2 Å². The van der Waals surface area contributed by atoms with Crippen LogP contribution in [0.3, 0.4) is 0 Å². The molecule has 0 aromatic rings. The average Bonchev–Trinajstić information content (AvgIpc) is 2.74. The van der Waals surface area contributed by atoms with E-state index in [-0.39, 0.29) is 13.0 Å². The maximum absolute atomic E-state index is 13.1. The van der Waals surface area contributed by atoms with Gasteiger partial charge >= 0.3 is 32.7 Å². The first-order valence-electron chi connectivity index (χ1n) is 11.2. The lowest BCUT2D eigenvalue weighted by atomic mass is 9.63. The molecule has 0 aliphatic carbocycles. The Kier molecular flexibility index (Phi) is 13.2. The molecule has 0 unspecified atom stereocenters. The van der Waals surface area contributed by atoms with E-state index in [1.807, 2.05) is 0 Å². The number of carbonyl (C=O) groups is 6. The number of carboxylic acid groups (broad SMARTS) is 4. The van der Waals surface area contributed by atoms with Crippen LogP contribution >= 0.6 is 0 Å². The van der Waals surface area contributed by atoms with E-state index in [9.17, 15) is 49.2 Å². The molecular weight excluding hydrogens is 504 g/mol. The van der Waals surface area contributed by atoms with Crippen LogP contribution in [-0.4, -0.2) is 92.4 Å². The van der Waals surface area contributed by atoms with Gasteiger partial charge in [-0.2, -0.15) is 0 Å². The van der Waals surface area contributed by atoms with Crippen molar-refractivity contribution in [1.29, 1.82) is 0 Å². The summed E-state index contributed by atoms with van der Waals surface area (Å²) in [5.74, 6) is -17.1. The van der Waals surface area contributed by atoms with Crippen molar-refractivity contribution in [2.75, 3.05) is 13.1 Å². The van der Waals surface area contributed by atoms with Gasteiger partial charge in [-0.25, -0.2) is 0 Å². The summed E-state index contributed by atoms with van der Waals surface area (Å²) in [7, 11) is -4.47. The molecule has 15 nitrogen and oxygen atoms in total. The number of unbranched alkanes of at least 4 members (excludes halogenated alkanes) is 1. The van der Waals surface area contributed by atoms with Crippen LogP contribution in [0.1, 0.15) is 46.0 Å². The molecule has 0 radical (unpaired) electrons. The largest absolute Gasteiger partial charge is 0.492 e. The van der Waals surface area contributed by atoms with Gasteiger partial charge in [0.05, 0.1) is 24.2 Å². The predicted octanol–water partition coefficient (Wildman–Crippen LogP) is -1.70. The normalized spacial score (nSPS) is 15.6. The number of aliphatic carboxylic acids is 4. The quantitative estimate of drug-likeness (QED) is 0.0535. The Balaban J connectivity index is 6.67. The minimum atomic E-state index is -4.47. The number of carbonyl (C=O) groups excluding carboxylic acids is 2. The number of amides is 2. The molecule has 0 saturated carbocycles. The summed E-state index contributed by atoms with van der Waals surface area (Å²) in [6.07, 6.45) is -1.18. The third kappa shape index (κ3) is 9.18. The minimum Gasteiger partial charge on any atom is -0.481 e. The van der Waals surface area contributed by atoms with Crippen LogP contribution in [0, 0.1) is 23.2 Å². The topological polar surface area (TPSA) is 268 Å². The van der Waals surface area contributed by atoms with Gasteiger partial charge in [-0.1, -0.05) is 20.3 Å². The van der Waals surface area contributed by atoms with Crippen LogP contribution in [0.2, 0.25) is 6.04 Å². The summed E-state index contributed by atoms with van der Waals surface area (Å²) in [5, 5.41) is 43.3. The fourth-order valence-corrected chi connectivity index (χ4v) is 4.54. The van der Waals surface area contributed by atoms with E-state index >= 15 is 0 Å². The van der Waals surface area contributed by atoms with Gasteiger partial charge in [-0.15, -0.1) is 0 Å². The number of rotatable bonds is 18. The molecule has 0 aromatic heterocycles. The molecule has 0 aliphatic rings. The van der Waals surface area contributed by atoms with Gasteiger partial charge in [0.1, 0.15) is 0 Å². The molecule has 0 aromatic carbocycles. The molecule has 0 fully saturated rings. The molecule has 0 aliphatic heterocycles. The lowest BCUT2D eigenvalue weighted by Crippen LogP contribution is -2.59. The van der Waals surface area contributed by atoms with Crippen LogP contribution < -0.4 is 10.6 Å². The molecular formula is C20H34N2O13Si. The predicted molar refractivity (Wildman–Crippen MR) is 121 cm³/mol. The second-order valence-corrected chi connectivity index (χ2v) is 10.3. The van der Waals surface area contributed by atoms with Crippen LogP contribution in [0.25, 0.3) is 0 Å². The highest BCUT2D eigenvalue weighted by atomic mass is 28.4. The molecule has 0 rings (SSSR count). The lowest BCUT2D eigenvalue weighted by molar-refractivity contribution is -0.177. The van der Waals surface area contributed by atoms with Crippen molar-refractivity contribution >= 4 is 44.5 Å². The molecule has 4 atom stereocenters. The Morgan fingerprint density at radius 1 is 0.833 bits per heavy atom. The molecule has 0 bridgehead atoms. The molecule has 0 heterocycles. The van der Waals surface area contributed by atoms with E-state index in [0.717, 1.165) is 6.92 Å². The van der Waals surface area contributed by atoms with Crippen molar-refractivity contribution in [3.8, 4) is 0 Å². The van der Waals surface area contributed by atoms with Gasteiger partial charge in [0.25, 0.3) is 0 Å². The smallest absolute Gasteiger partial charge is 0.481 e. The van der Waals surface area contributed by atoms with Crippen molar-refractivity contribution < 1.29 is 63.6 Å². The Labute approximate surface area is 207 Å². The molecule has 9 N–H and O–H groups in total. The first-order valence-corrected chi connectivity index (χ1v) is 13.3. The fourth-order valence-electron chi connectivity index (χ4n) is 3.89. The second kappa shape index (κ2) is 14.5. The molecule has 2 amide bonds. The monoisotopic (exact) mass is 538 g/mol. The summed E-state index contributed by atoms with van der Waals surface area (Å²) < 4.78 is 0. The standard InChI is InChI=1S/C20H34N2O13Si/c1-3-5-7-21-15(25)13(11(16(26)27)10-12(23)24)14(17(28)29)20(4-2,19(31)32)18(30)22-8-6-9-36(33,34)35/h11,13-14,33-35H,3-10H2,1-2H3,(H,21,25)(H,22,30)(H,23,24)(H,26,27)(H,28,29)(H,31,32)/t11-,13-,14+,20+/m0/s1. The number of hydrogen-bond donors (Lipinski definition) is 9. The zero-order valence-electron chi connectivity index (χ0n) is 20.0. The highest BCUT2D eigenvalue weighted by Crippen LogP contribution is 2.42. The molecule has 16 heteroatoms. The van der Waals surface area contributed by atoms with Gasteiger partial charge in [0, 0.05) is 19.1 Å². The first-order chi connectivity index (χ1) is 16.6. The van der Waals surface area contributed by atoms with E-state index in [1.54, 1.807) is 6.92 Å². The third-order valence-electron chi connectivity index (χ3n) is 5.75. The van der Waals surface area contributed by atoms with Gasteiger partial charge in [-0.05, 0) is 19.3 Å². The van der Waals surface area contributed by atoms with Gasteiger partial charge in [0.2, 0.25) is 11.8 Å². The van der Waals surface area contributed by atoms with E-state index in [2.05, 4.69) is 10.6 Å². The Bertz CT molecular complexity index is 829. The van der Waals surface area contributed by atoms with Crippen molar-refractivity contribution in [2.45, 2.75) is 52.0 Å². The van der Waals surface area contributed by atoms with Crippen molar-refractivity contribution in [1.82, 2.24) is 10.6 Å². The second-order valence-electron chi connectivity index (χ2n) is 8.29. The van der Waals surface area contributed by atoms with Crippen molar-refractivity contribution in [3.63, 3.8) is 0 Å². The Hall–Kier alpha value is -3.08. The summed E-state index contributed by atoms with van der Waals surface area (Å²) >= 11 is 0. The molecule has 36 heavy (non-hydrogen) atoms. The summed E-state index contributed by atoms with van der Waals surface area (Å²) in [4.78, 5) is 101. The number of hydrogen-bond acceptors (Lipinski definition) is 9. The SMILES string of the molecule is CCCCNC(=O)[C@@H]([C@H](CC(=O)O)C(=O)O)[C@H](C(=O)O)[C@@](CC)(C(=O)O)C(=O)NCCC[Si](O)(O)O. The van der Waals surface area contributed by atoms with Gasteiger partial charge in [-0.3, -0.25) is 28.8 Å². The van der Waals surface area contributed by atoms with E-state index in [1.165, 1.54) is 0 Å². The average molecular weight is 539 g/mol. The summed E-state index contributed by atoms with van der Waals surface area (Å²) in [6, 6.07) is -0.524. The first kappa shape index (κ1) is 32.9. The minimum absolute atomic E-state index is 0.0366. The van der Waals surface area contributed by atoms with Gasteiger partial charge in [0.15, 0.2) is 5.41 Å². The maximum atomic E-state index is 13.1. The van der Waals surface area contributed by atoms with Crippen LogP contribution in [0.15, 0.2) is 0 Å². The maximum Gasteiger partial charge on any atom is 0.492 e. The number of carboxylic acids is 4. The van der Waals surface area contributed by atoms with E-state index in [4.69, 9.17) is 14.4 Å². The van der Waals surface area contributed by atoms with Crippen molar-refractivity contribution in [3.05, 3.63) is 0 Å². The van der Waals surface area contributed by atoms with Crippen LogP contribution in [0.5, 0.6) is 0 Å². The van der Waals surface area contributed by atoms with Crippen LogP contribution in [-0.2, 0) is 28.8 Å². The zero-order valence-corrected chi connectivity index (χ0v) is 21.0. The molecule has 0 saturated heterocycles. The Morgan fingerprint density at radius 3 is 1.78 bits per heavy atom. The van der Waals surface area contributed by atoms with Crippen LogP contribution in [0.4, 0.5) is 0 Å². The Morgan fingerprint density at radius 2 is 1.39 bits per heavy atom. The van der Waals surface area contributed by atoms with E-state index in [0.29, 0.717) is 12.8 Å². The number of nitrogens with one attached hydrogen (secondary N) is 2. The highest BCUT2D eigenvalue weighted by Gasteiger charge is 2.61. The fraction of sp³-hybridized carbons (Fsp3) is 0.700. The third-order valence-corrected chi connectivity index (χ3v) is 6.78. The summed E-state index contributed by atoms with van der Waals surface area (Å²) in [6.45, 7) is 2.45. The van der Waals surface area contributed by atoms with E-state index < -0.39 is 93.1 Å². The van der Waals surface area contributed by atoms with Gasteiger partial charge < -0.3 is 45.4 Å². The zero-order chi connectivity index (χ0) is 28.3. The lowest BCUT2D eigenvalue weighted by Gasteiger charge is -2.38. The summed E-state index contributed by atoms with van der Waals surface area (Å²) in [5.41, 5.74) is -2.91. The highest BCUT2D eigenvalue weighted by molar-refractivity contribution is 6.56.